The molecule has 0 bridgehead atoms. The lowest BCUT2D eigenvalue weighted by Crippen LogP contribution is -2.61. The van der Waals surface area contributed by atoms with Crippen LogP contribution in [0.25, 0.3) is 0 Å². The van der Waals surface area contributed by atoms with Crippen molar-refractivity contribution in [2.24, 2.45) is 0 Å². The van der Waals surface area contributed by atoms with Crippen molar-refractivity contribution in [3.05, 3.63) is 85.1 Å². The molecule has 11 unspecified atom stereocenters. The van der Waals surface area contributed by atoms with E-state index in [0.717, 1.165) is 64.2 Å². The first-order valence-corrected chi connectivity index (χ1v) is 33.2. The van der Waals surface area contributed by atoms with Crippen molar-refractivity contribution in [2.75, 3.05) is 33.0 Å². The summed E-state index contributed by atoms with van der Waals surface area (Å²) in [5.41, 5.74) is 0. The minimum atomic E-state index is -1.72. The van der Waals surface area contributed by atoms with Crippen molar-refractivity contribution >= 4 is 5.97 Å². The summed E-state index contributed by atoms with van der Waals surface area (Å²) in [6.07, 6.45) is 56.7. The largest absolute Gasteiger partial charge is 0.457 e. The van der Waals surface area contributed by atoms with Crippen LogP contribution in [0.2, 0.25) is 0 Å². The molecule has 0 aliphatic carbocycles. The number of ether oxygens (including phenoxy) is 6. The van der Waals surface area contributed by atoms with Gasteiger partial charge < -0.3 is 64.2 Å². The maximum absolute atomic E-state index is 13.1. The molecule has 480 valence electrons. The molecule has 0 aromatic carbocycles. The predicted molar refractivity (Wildman–Crippen MR) is 335 cm³/mol. The average molecular weight is 1170 g/mol. The van der Waals surface area contributed by atoms with Crippen LogP contribution >= 0.6 is 0 Å². The van der Waals surface area contributed by atoms with Crippen LogP contribution in [-0.4, -0.2) is 142 Å². The van der Waals surface area contributed by atoms with Crippen LogP contribution in [0.3, 0.4) is 0 Å². The third-order valence-corrected chi connectivity index (χ3v) is 15.4. The van der Waals surface area contributed by atoms with Gasteiger partial charge in [-0.15, -0.1) is 0 Å². The van der Waals surface area contributed by atoms with E-state index in [1.165, 1.54) is 148 Å². The zero-order valence-electron chi connectivity index (χ0n) is 51.9. The van der Waals surface area contributed by atoms with Crippen molar-refractivity contribution in [2.45, 2.75) is 313 Å². The number of allylic oxidation sites excluding steroid dienone is 14. The van der Waals surface area contributed by atoms with Gasteiger partial charge in [0.1, 0.15) is 54.9 Å². The SMILES string of the molecule is CC/C=C\C/C=C\C/C=C\C/C=C\C/C=C\C/C=C\C/C=C\CCCC(=O)OC(COCCCCCCCCCCCCCCCCCCCCCCCCCCCC)COC1OC(COC2OC(CO)C(O)C(O)C2O)C(O)C(O)C1O. The maximum Gasteiger partial charge on any atom is 0.306 e. The van der Waals surface area contributed by atoms with Gasteiger partial charge in [0, 0.05) is 13.0 Å². The van der Waals surface area contributed by atoms with Gasteiger partial charge in [-0.2, -0.15) is 0 Å². The number of carbonyl (C=O) groups excluding carboxylic acids is 1. The Labute approximate surface area is 503 Å². The van der Waals surface area contributed by atoms with Crippen LogP contribution in [0.5, 0.6) is 0 Å². The van der Waals surface area contributed by atoms with Crippen LogP contribution in [0.1, 0.15) is 245 Å². The molecule has 2 heterocycles. The number of aliphatic hydroxyl groups excluding tert-OH is 7. The lowest BCUT2D eigenvalue weighted by molar-refractivity contribution is -0.332. The molecular formula is C69H120O14. The van der Waals surface area contributed by atoms with Crippen molar-refractivity contribution in [3.8, 4) is 0 Å². The molecule has 2 fully saturated rings. The first kappa shape index (κ1) is 76.3. The van der Waals surface area contributed by atoms with Crippen LogP contribution in [0, 0.1) is 0 Å². The minimum Gasteiger partial charge on any atom is -0.457 e. The fourth-order valence-electron chi connectivity index (χ4n) is 10.2. The van der Waals surface area contributed by atoms with Gasteiger partial charge in [0.2, 0.25) is 0 Å². The summed E-state index contributed by atoms with van der Waals surface area (Å²) in [6.45, 7) is 3.53. The number of hydrogen-bond acceptors (Lipinski definition) is 14. The monoisotopic (exact) mass is 1170 g/mol. The first-order chi connectivity index (χ1) is 40.6. The van der Waals surface area contributed by atoms with E-state index in [-0.39, 0.29) is 19.6 Å². The Balaban J connectivity index is 1.68. The molecule has 0 aromatic rings. The lowest BCUT2D eigenvalue weighted by Gasteiger charge is -2.42. The van der Waals surface area contributed by atoms with E-state index >= 15 is 0 Å². The van der Waals surface area contributed by atoms with Crippen molar-refractivity contribution in [3.63, 3.8) is 0 Å². The average Bonchev–Trinajstić information content (AvgIpc) is 3.49. The molecule has 2 rings (SSSR count). The van der Waals surface area contributed by atoms with E-state index in [2.05, 4.69) is 98.9 Å². The Morgan fingerprint density at radius 3 is 1.18 bits per heavy atom. The Kier molecular flexibility index (Phi) is 50.1. The third-order valence-electron chi connectivity index (χ3n) is 15.4. The summed E-state index contributed by atoms with van der Waals surface area (Å²) in [7, 11) is 0. The summed E-state index contributed by atoms with van der Waals surface area (Å²) < 4.78 is 34.4. The molecule has 11 atom stereocenters. The van der Waals surface area contributed by atoms with Gasteiger partial charge in [0.15, 0.2) is 12.6 Å². The molecule has 7 N–H and O–H groups in total. The van der Waals surface area contributed by atoms with Crippen LogP contribution in [-0.2, 0) is 33.2 Å². The highest BCUT2D eigenvalue weighted by atomic mass is 16.7. The minimum absolute atomic E-state index is 0.0364. The Morgan fingerprint density at radius 1 is 0.410 bits per heavy atom. The fraction of sp³-hybridized carbons (Fsp3) is 0.783. The molecule has 2 aliphatic heterocycles. The molecular weight excluding hydrogens is 1050 g/mol. The van der Waals surface area contributed by atoms with E-state index < -0.39 is 86.7 Å². The molecule has 2 saturated heterocycles. The number of unbranched alkanes of at least 4 members (excludes halogenated alkanes) is 26. The Morgan fingerprint density at radius 2 is 0.771 bits per heavy atom. The highest BCUT2D eigenvalue weighted by Crippen LogP contribution is 2.27. The fourth-order valence-corrected chi connectivity index (χ4v) is 10.2. The van der Waals surface area contributed by atoms with E-state index in [1.54, 1.807) is 0 Å². The first-order valence-electron chi connectivity index (χ1n) is 33.2. The number of carbonyl (C=O) groups is 1. The molecule has 14 heteroatoms. The second-order valence-electron chi connectivity index (χ2n) is 22.9. The number of hydrogen-bond donors (Lipinski definition) is 7. The van der Waals surface area contributed by atoms with Crippen molar-refractivity contribution in [1.82, 2.24) is 0 Å². The molecule has 0 radical (unpaired) electrons. The smallest absolute Gasteiger partial charge is 0.306 e. The maximum atomic E-state index is 13.1. The summed E-state index contributed by atoms with van der Waals surface area (Å²) in [4.78, 5) is 13.1. The molecule has 0 saturated carbocycles. The van der Waals surface area contributed by atoms with Crippen LogP contribution < -0.4 is 0 Å². The van der Waals surface area contributed by atoms with Gasteiger partial charge >= 0.3 is 5.97 Å². The molecule has 83 heavy (non-hydrogen) atoms. The Hall–Kier alpha value is -2.83. The summed E-state index contributed by atoms with van der Waals surface area (Å²) in [5.74, 6) is -0.431. The van der Waals surface area contributed by atoms with E-state index in [0.29, 0.717) is 19.4 Å². The van der Waals surface area contributed by atoms with Gasteiger partial charge in [-0.1, -0.05) is 259 Å². The number of aliphatic hydroxyl groups is 7. The zero-order valence-corrected chi connectivity index (χ0v) is 51.9. The van der Waals surface area contributed by atoms with Gasteiger partial charge in [0.25, 0.3) is 0 Å². The summed E-state index contributed by atoms with van der Waals surface area (Å²) in [5, 5.41) is 72.5. The number of rotatable bonds is 54. The van der Waals surface area contributed by atoms with Gasteiger partial charge in [-0.3, -0.25) is 4.79 Å². The number of esters is 1. The van der Waals surface area contributed by atoms with E-state index in [4.69, 9.17) is 28.4 Å². The molecule has 0 amide bonds. The zero-order chi connectivity index (χ0) is 60.1. The van der Waals surface area contributed by atoms with Gasteiger partial charge in [-0.05, 0) is 64.2 Å². The summed E-state index contributed by atoms with van der Waals surface area (Å²) >= 11 is 0. The molecule has 0 aromatic heterocycles. The highest BCUT2D eigenvalue weighted by Gasteiger charge is 2.47. The topological polar surface area (TPSA) is 214 Å². The third kappa shape index (κ3) is 40.3. The second kappa shape index (κ2) is 54.6. The summed E-state index contributed by atoms with van der Waals surface area (Å²) in [6, 6.07) is 0. The standard InChI is InChI=1S/C69H120O14/c1-3-5-7-9-11-13-15-17-19-21-23-25-27-28-29-31-33-35-37-39-41-43-45-47-49-51-53-78-55-58(56-79-68-67(77)65(75)63(73)60(83-68)57-80-69-66(76)64(74)62(72)59(54-70)82-69)81-61(71)52-50-48-46-44-42-40-38-36-34-32-30-26-24-22-20-18-16-14-12-10-8-6-4-2/h6,8,12,14,18,20,24,26,32,34,38,40,44,46,58-60,62-70,72-77H,3-5,7,9-11,13,15-17,19,21-23,25,27-31,33,35-37,39,41-43,45,47-57H2,1-2H3/b8-6-,14-12-,20-18-,26-24-,34-32-,40-38-,46-44-. The molecule has 2 aliphatic rings. The van der Waals surface area contributed by atoms with Crippen LogP contribution in [0.15, 0.2) is 85.1 Å². The molecule has 14 nitrogen and oxygen atoms in total. The predicted octanol–water partition coefficient (Wildman–Crippen LogP) is 13.5. The van der Waals surface area contributed by atoms with E-state index in [9.17, 15) is 40.5 Å². The Bertz CT molecular complexity index is 1690. The second-order valence-corrected chi connectivity index (χ2v) is 22.9. The van der Waals surface area contributed by atoms with Crippen molar-refractivity contribution < 1.29 is 69.0 Å². The lowest BCUT2D eigenvalue weighted by atomic mass is 9.98. The highest BCUT2D eigenvalue weighted by molar-refractivity contribution is 5.69. The van der Waals surface area contributed by atoms with Crippen LogP contribution in [0.4, 0.5) is 0 Å². The van der Waals surface area contributed by atoms with Gasteiger partial charge in [-0.25, -0.2) is 0 Å². The normalized spacial score (nSPS) is 24.0. The van der Waals surface area contributed by atoms with Crippen molar-refractivity contribution in [1.29, 1.82) is 0 Å². The van der Waals surface area contributed by atoms with E-state index in [1.807, 2.05) is 0 Å². The van der Waals surface area contributed by atoms with Gasteiger partial charge in [0.05, 0.1) is 26.4 Å². The molecule has 0 spiro atoms. The quantitative estimate of drug-likeness (QED) is 0.0171.